The first-order valence-corrected chi connectivity index (χ1v) is 11.0. The molecule has 2 atom stereocenters. The van der Waals surface area contributed by atoms with Crippen molar-refractivity contribution >= 4 is 0 Å². The fourth-order valence-electron chi connectivity index (χ4n) is 6.36. The quantitative estimate of drug-likeness (QED) is 0.530. The van der Waals surface area contributed by atoms with Crippen molar-refractivity contribution in [3.63, 3.8) is 0 Å². The van der Waals surface area contributed by atoms with Crippen LogP contribution in [0.5, 0.6) is 0 Å². The predicted molar refractivity (Wildman–Crippen MR) is 109 cm³/mol. The lowest BCUT2D eigenvalue weighted by atomic mass is 9.62. The van der Waals surface area contributed by atoms with Crippen LogP contribution in [0.1, 0.15) is 101 Å². The highest BCUT2D eigenvalue weighted by Crippen LogP contribution is 2.46. The lowest BCUT2D eigenvalue weighted by molar-refractivity contribution is 0.0744. The van der Waals surface area contributed by atoms with Gasteiger partial charge in [-0.2, -0.15) is 0 Å². The van der Waals surface area contributed by atoms with Crippen molar-refractivity contribution in [3.05, 3.63) is 0 Å². The average Bonchev–Trinajstić information content (AvgIpc) is 2.55. The van der Waals surface area contributed by atoms with E-state index in [9.17, 15) is 0 Å². The average molecular weight is 341 g/mol. The van der Waals surface area contributed by atoms with E-state index in [0.29, 0.717) is 0 Å². The second-order valence-electron chi connectivity index (χ2n) is 10.2. The molecular weight excluding hydrogens is 292 g/mol. The van der Waals surface area contributed by atoms with E-state index in [1.807, 2.05) is 0 Å². The van der Waals surface area contributed by atoms with Gasteiger partial charge in [-0.25, -0.2) is 0 Å². The Balaban J connectivity index is 0.00000208. The van der Waals surface area contributed by atoms with Crippen molar-refractivity contribution in [1.29, 1.82) is 0 Å². The van der Waals surface area contributed by atoms with E-state index in [4.69, 9.17) is 0 Å². The third kappa shape index (κ3) is 4.99. The zero-order valence-electron chi connectivity index (χ0n) is 16.9. The summed E-state index contributed by atoms with van der Waals surface area (Å²) in [4.78, 5) is 0. The largest absolute Gasteiger partial charge is 0.412 e. The van der Waals surface area contributed by atoms with Gasteiger partial charge in [0.1, 0.15) is 0 Å². The summed E-state index contributed by atoms with van der Waals surface area (Å²) in [5.74, 6) is 8.21. The van der Waals surface area contributed by atoms with E-state index in [0.717, 1.165) is 47.3 Å². The molecule has 3 aliphatic carbocycles. The second kappa shape index (κ2) is 9.06. The number of rotatable bonds is 3. The van der Waals surface area contributed by atoms with Crippen molar-refractivity contribution in [3.8, 4) is 0 Å². The maximum absolute atomic E-state index is 2.52. The first-order valence-electron chi connectivity index (χ1n) is 11.0. The molecule has 3 aliphatic rings. The van der Waals surface area contributed by atoms with E-state index in [-0.39, 0.29) is 8.33 Å². The molecule has 0 spiro atoms. The third-order valence-electron chi connectivity index (χ3n) is 8.50. The lowest BCUT2D eigenvalue weighted by Crippen LogP contribution is -2.33. The van der Waals surface area contributed by atoms with Crippen molar-refractivity contribution in [1.82, 2.24) is 0 Å². The fourth-order valence-corrected chi connectivity index (χ4v) is 6.36. The minimum atomic E-state index is 0. The molecule has 3 fully saturated rings. The Bertz CT molecular complexity index is 347. The topological polar surface area (TPSA) is 31.5 Å². The minimum absolute atomic E-state index is 0. The van der Waals surface area contributed by atoms with Crippen LogP contribution in [-0.4, -0.2) is 5.48 Å². The lowest BCUT2D eigenvalue weighted by Gasteiger charge is -2.43. The molecule has 2 unspecified atom stereocenters. The van der Waals surface area contributed by atoms with E-state index in [1.165, 1.54) is 38.5 Å². The van der Waals surface area contributed by atoms with Gasteiger partial charge in [0.05, 0.1) is 0 Å². The van der Waals surface area contributed by atoms with Crippen LogP contribution >= 0.6 is 0 Å². The van der Waals surface area contributed by atoms with Gasteiger partial charge < -0.3 is 5.48 Å². The van der Waals surface area contributed by atoms with Crippen LogP contribution in [0.15, 0.2) is 0 Å². The van der Waals surface area contributed by atoms with Crippen molar-refractivity contribution in [2.45, 2.75) is 98.3 Å². The van der Waals surface area contributed by atoms with Gasteiger partial charge in [0.2, 0.25) is 0 Å². The maximum Gasteiger partial charge on any atom is 0 e. The Hall–Kier alpha value is -0.0400. The molecule has 0 radical (unpaired) electrons. The van der Waals surface area contributed by atoms with E-state index in [2.05, 4.69) is 27.7 Å². The zero-order chi connectivity index (χ0) is 16.4. The van der Waals surface area contributed by atoms with Gasteiger partial charge in [-0.1, -0.05) is 66.2 Å². The molecule has 24 heavy (non-hydrogen) atoms. The molecule has 146 valence electrons. The molecule has 1 heteroatoms. The first-order chi connectivity index (χ1) is 11.0. The number of hydrogen-bond donors (Lipinski definition) is 0. The van der Waals surface area contributed by atoms with Crippen LogP contribution in [0.25, 0.3) is 0 Å². The smallest absolute Gasteiger partial charge is 0 e. The molecule has 0 aliphatic heterocycles. The second-order valence-corrected chi connectivity index (χ2v) is 10.2. The SMILES string of the molecule is CC1CCC(CC2CCC(C3CC(C)C(C)C(C)C3)CC2)CC1.O.[HH].[HH]. The van der Waals surface area contributed by atoms with Crippen molar-refractivity contribution < 1.29 is 8.33 Å². The van der Waals surface area contributed by atoms with E-state index >= 15 is 0 Å². The monoisotopic (exact) mass is 340 g/mol. The molecule has 0 bridgehead atoms. The van der Waals surface area contributed by atoms with Crippen LogP contribution in [0.3, 0.4) is 0 Å². The molecule has 0 aromatic heterocycles. The van der Waals surface area contributed by atoms with Crippen LogP contribution in [0.4, 0.5) is 0 Å². The standard InChI is InChI=1S/C23H42.H2O.2H2/c1-16-5-7-20(8-6-16)15-21-9-11-22(12-10-21)23-13-17(2)19(4)18(3)14-23;;;/h16-23H,5-15H2,1-4H3;1H2;2*1H. The molecule has 0 heterocycles. The van der Waals surface area contributed by atoms with Crippen LogP contribution < -0.4 is 0 Å². The Morgan fingerprint density at radius 2 is 1.08 bits per heavy atom. The summed E-state index contributed by atoms with van der Waals surface area (Å²) in [5.41, 5.74) is 0. The zero-order valence-corrected chi connectivity index (χ0v) is 16.9. The molecule has 0 aromatic rings. The predicted octanol–water partition coefficient (Wildman–Crippen LogP) is 6.99. The van der Waals surface area contributed by atoms with Crippen LogP contribution in [0, 0.1) is 47.3 Å². The maximum atomic E-state index is 2.52. The summed E-state index contributed by atoms with van der Waals surface area (Å²) >= 11 is 0. The highest BCUT2D eigenvalue weighted by Gasteiger charge is 2.36. The summed E-state index contributed by atoms with van der Waals surface area (Å²) in [6.45, 7) is 9.98. The molecule has 3 saturated carbocycles. The van der Waals surface area contributed by atoms with Gasteiger partial charge in [0, 0.05) is 2.85 Å². The van der Waals surface area contributed by atoms with Gasteiger partial charge in [0.15, 0.2) is 0 Å². The summed E-state index contributed by atoms with van der Waals surface area (Å²) < 4.78 is 0. The van der Waals surface area contributed by atoms with Gasteiger partial charge >= 0.3 is 0 Å². The van der Waals surface area contributed by atoms with Crippen LogP contribution in [0.2, 0.25) is 0 Å². The Kier molecular flexibility index (Phi) is 7.65. The van der Waals surface area contributed by atoms with E-state index in [1.54, 1.807) is 32.1 Å². The molecule has 1 nitrogen and oxygen atoms in total. The Morgan fingerprint density at radius 1 is 0.625 bits per heavy atom. The molecular formula is C23H48O. The molecule has 0 aromatic carbocycles. The van der Waals surface area contributed by atoms with Gasteiger partial charge in [-0.3, -0.25) is 0 Å². The molecule has 3 rings (SSSR count). The van der Waals surface area contributed by atoms with Gasteiger partial charge in [-0.05, 0) is 79.4 Å². The minimum Gasteiger partial charge on any atom is -0.412 e. The van der Waals surface area contributed by atoms with Crippen molar-refractivity contribution in [2.75, 3.05) is 0 Å². The normalized spacial score (nSPS) is 47.0. The summed E-state index contributed by atoms with van der Waals surface area (Å²) in [7, 11) is 0. The molecule has 0 saturated heterocycles. The van der Waals surface area contributed by atoms with Gasteiger partial charge in [-0.15, -0.1) is 0 Å². The summed E-state index contributed by atoms with van der Waals surface area (Å²) in [6.07, 6.45) is 17.0. The van der Waals surface area contributed by atoms with E-state index < -0.39 is 0 Å². The van der Waals surface area contributed by atoms with Crippen LogP contribution in [-0.2, 0) is 0 Å². The Morgan fingerprint density at radius 3 is 1.58 bits per heavy atom. The first kappa shape index (κ1) is 20.3. The summed E-state index contributed by atoms with van der Waals surface area (Å²) in [5, 5.41) is 0. The number of hydrogen-bond acceptors (Lipinski definition) is 0. The third-order valence-corrected chi connectivity index (χ3v) is 8.50. The van der Waals surface area contributed by atoms with Crippen molar-refractivity contribution in [2.24, 2.45) is 47.3 Å². The molecule has 0 amide bonds. The molecule has 2 N–H and O–H groups in total. The van der Waals surface area contributed by atoms with Gasteiger partial charge in [0.25, 0.3) is 0 Å². The highest BCUT2D eigenvalue weighted by atomic mass is 16.0. The Labute approximate surface area is 154 Å². The fraction of sp³-hybridized carbons (Fsp3) is 1.00. The summed E-state index contributed by atoms with van der Waals surface area (Å²) in [6, 6.07) is 0. The highest BCUT2D eigenvalue weighted by molar-refractivity contribution is 4.86.